The molecule has 0 unspecified atom stereocenters. The number of thiazole rings is 1. The smallest absolute Gasteiger partial charge is 0.347 e. The molecule has 3 rings (SSSR count). The summed E-state index contributed by atoms with van der Waals surface area (Å²) in [6, 6.07) is 13.4. The molecule has 132 valence electrons. The van der Waals surface area contributed by atoms with Crippen LogP contribution in [0.15, 0.2) is 48.5 Å². The fourth-order valence-electron chi connectivity index (χ4n) is 2.32. The summed E-state index contributed by atoms with van der Waals surface area (Å²) in [4.78, 5) is 25.9. The molecule has 26 heavy (non-hydrogen) atoms. The Kier molecular flexibility index (Phi) is 4.94. The molecule has 7 nitrogen and oxygen atoms in total. The average molecular weight is 370 g/mol. The minimum atomic E-state index is -0.989. The number of hydrogen-bond acceptors (Lipinski definition) is 6. The maximum atomic E-state index is 11.2. The quantitative estimate of drug-likeness (QED) is 0.512. The number of non-ortho nitro benzene ring substituents is 1. The first kappa shape index (κ1) is 17.6. The number of aryl methyl sites for hydroxylation is 1. The molecule has 3 aromatic rings. The number of ether oxygens (including phenoxy) is 1. The zero-order chi connectivity index (χ0) is 18.7. The Morgan fingerprint density at radius 3 is 2.62 bits per heavy atom. The first-order valence-electron chi connectivity index (χ1n) is 7.61. The lowest BCUT2D eigenvalue weighted by atomic mass is 10.2. The van der Waals surface area contributed by atoms with Crippen molar-refractivity contribution >= 4 is 23.0 Å². The number of nitrogens with zero attached hydrogens (tertiary/aromatic N) is 2. The van der Waals surface area contributed by atoms with Gasteiger partial charge < -0.3 is 9.84 Å². The number of benzene rings is 2. The van der Waals surface area contributed by atoms with E-state index in [1.54, 1.807) is 37.3 Å². The van der Waals surface area contributed by atoms with E-state index in [0.29, 0.717) is 16.5 Å². The summed E-state index contributed by atoms with van der Waals surface area (Å²) in [6.07, 6.45) is 0. The lowest BCUT2D eigenvalue weighted by Gasteiger charge is -2.07. The Hall–Kier alpha value is -3.26. The van der Waals surface area contributed by atoms with Gasteiger partial charge in [-0.3, -0.25) is 10.1 Å². The summed E-state index contributed by atoms with van der Waals surface area (Å²) >= 11 is 1.12. The van der Waals surface area contributed by atoms with Crippen LogP contribution < -0.4 is 4.74 Å². The summed E-state index contributed by atoms with van der Waals surface area (Å²) in [5.74, 6) is -0.387. The molecule has 0 atom stereocenters. The molecule has 0 spiro atoms. The van der Waals surface area contributed by atoms with Crippen molar-refractivity contribution in [3.63, 3.8) is 0 Å². The predicted molar refractivity (Wildman–Crippen MR) is 96.7 cm³/mol. The lowest BCUT2D eigenvalue weighted by Crippen LogP contribution is -1.96. The van der Waals surface area contributed by atoms with Gasteiger partial charge in [-0.2, -0.15) is 0 Å². The molecule has 0 saturated heterocycles. The van der Waals surface area contributed by atoms with Crippen LogP contribution in [0.4, 0.5) is 5.69 Å². The number of nitro benzene ring substituents is 1. The van der Waals surface area contributed by atoms with Crippen LogP contribution in [0.25, 0.3) is 10.6 Å². The van der Waals surface area contributed by atoms with E-state index < -0.39 is 10.9 Å². The number of aromatic nitrogens is 1. The minimum absolute atomic E-state index is 0.0316. The Morgan fingerprint density at radius 2 is 2.00 bits per heavy atom. The summed E-state index contributed by atoms with van der Waals surface area (Å²) in [5.41, 5.74) is 2.09. The van der Waals surface area contributed by atoms with Gasteiger partial charge in [-0.25, -0.2) is 9.78 Å². The zero-order valence-electron chi connectivity index (χ0n) is 13.7. The first-order chi connectivity index (χ1) is 12.4. The number of hydrogen-bond donors (Lipinski definition) is 1. The molecule has 0 fully saturated rings. The largest absolute Gasteiger partial charge is 0.489 e. The summed E-state index contributed by atoms with van der Waals surface area (Å²) < 4.78 is 5.73. The van der Waals surface area contributed by atoms with Crippen LogP contribution >= 0.6 is 11.3 Å². The molecule has 0 aliphatic rings. The monoisotopic (exact) mass is 370 g/mol. The third kappa shape index (κ3) is 3.86. The normalized spacial score (nSPS) is 10.5. The average Bonchev–Trinajstić information content (AvgIpc) is 3.03. The molecule has 0 aliphatic heterocycles. The standard InChI is InChI=1S/C18H14N2O5S/c1-11-16(18(21)22)26-17(19-11)13-3-2-4-15(9-13)25-10-12-5-7-14(8-6-12)20(23)24/h2-9H,10H2,1H3,(H,21,22). The Balaban J connectivity index is 1.74. The highest BCUT2D eigenvalue weighted by molar-refractivity contribution is 7.17. The van der Waals surface area contributed by atoms with Crippen LogP contribution in [0, 0.1) is 17.0 Å². The second-order valence-corrected chi connectivity index (χ2v) is 6.48. The zero-order valence-corrected chi connectivity index (χ0v) is 14.5. The van der Waals surface area contributed by atoms with Crippen molar-refractivity contribution in [2.45, 2.75) is 13.5 Å². The van der Waals surface area contributed by atoms with Crippen LogP contribution in [0.3, 0.4) is 0 Å². The minimum Gasteiger partial charge on any atom is -0.489 e. The number of aromatic carboxylic acids is 1. The van der Waals surface area contributed by atoms with Gasteiger partial charge in [-0.1, -0.05) is 12.1 Å². The van der Waals surface area contributed by atoms with Gasteiger partial charge in [0.1, 0.15) is 22.2 Å². The molecule has 0 amide bonds. The van der Waals surface area contributed by atoms with Gasteiger partial charge in [-0.15, -0.1) is 11.3 Å². The summed E-state index contributed by atoms with van der Waals surface area (Å²) in [6.45, 7) is 1.93. The van der Waals surface area contributed by atoms with E-state index in [4.69, 9.17) is 9.84 Å². The topological polar surface area (TPSA) is 103 Å². The Labute approximate surface area is 152 Å². The molecule has 0 aliphatic carbocycles. The third-order valence-electron chi connectivity index (χ3n) is 3.62. The number of carboxylic acid groups (broad SMARTS) is 1. The van der Waals surface area contributed by atoms with Gasteiger partial charge in [0.05, 0.1) is 10.6 Å². The van der Waals surface area contributed by atoms with Crippen molar-refractivity contribution in [2.24, 2.45) is 0 Å². The molecule has 1 heterocycles. The van der Waals surface area contributed by atoms with Crippen molar-refractivity contribution in [1.82, 2.24) is 4.98 Å². The van der Waals surface area contributed by atoms with Crippen LogP contribution in [0.2, 0.25) is 0 Å². The SMILES string of the molecule is Cc1nc(-c2cccc(OCc3ccc([N+](=O)[O-])cc3)c2)sc1C(=O)O. The van der Waals surface area contributed by atoms with Crippen LogP contribution in [-0.2, 0) is 6.61 Å². The molecule has 8 heteroatoms. The van der Waals surface area contributed by atoms with Gasteiger partial charge in [0.25, 0.3) is 5.69 Å². The van der Waals surface area contributed by atoms with Gasteiger partial charge >= 0.3 is 5.97 Å². The van der Waals surface area contributed by atoms with Crippen molar-refractivity contribution in [1.29, 1.82) is 0 Å². The van der Waals surface area contributed by atoms with Crippen LogP contribution in [0.5, 0.6) is 5.75 Å². The maximum absolute atomic E-state index is 11.2. The number of carbonyl (C=O) groups is 1. The molecule has 2 aromatic carbocycles. The molecular formula is C18H14N2O5S. The number of nitro groups is 1. The van der Waals surface area contributed by atoms with E-state index >= 15 is 0 Å². The Bertz CT molecular complexity index is 966. The van der Waals surface area contributed by atoms with Crippen molar-refractivity contribution in [2.75, 3.05) is 0 Å². The highest BCUT2D eigenvalue weighted by Gasteiger charge is 2.15. The van der Waals surface area contributed by atoms with Crippen LogP contribution in [0.1, 0.15) is 20.9 Å². The Morgan fingerprint density at radius 1 is 1.27 bits per heavy atom. The highest BCUT2D eigenvalue weighted by Crippen LogP contribution is 2.30. The fraction of sp³-hybridized carbons (Fsp3) is 0.111. The molecule has 1 aromatic heterocycles. The van der Waals surface area contributed by atoms with Crippen molar-refractivity contribution in [3.8, 4) is 16.3 Å². The highest BCUT2D eigenvalue weighted by atomic mass is 32.1. The summed E-state index contributed by atoms with van der Waals surface area (Å²) in [7, 11) is 0. The van der Waals surface area contributed by atoms with Gasteiger partial charge in [0.15, 0.2) is 0 Å². The van der Waals surface area contributed by atoms with E-state index in [9.17, 15) is 14.9 Å². The molecule has 0 radical (unpaired) electrons. The molecular weight excluding hydrogens is 356 g/mol. The third-order valence-corrected chi connectivity index (χ3v) is 4.82. The fourth-order valence-corrected chi connectivity index (χ4v) is 3.22. The summed E-state index contributed by atoms with van der Waals surface area (Å²) in [5, 5.41) is 20.4. The van der Waals surface area contributed by atoms with Gasteiger partial charge in [-0.05, 0) is 36.8 Å². The molecule has 1 N–H and O–H groups in total. The predicted octanol–water partition coefficient (Wildman–Crippen LogP) is 4.30. The number of rotatable bonds is 6. The molecule has 0 saturated carbocycles. The number of carboxylic acids is 1. The van der Waals surface area contributed by atoms with Crippen molar-refractivity contribution in [3.05, 3.63) is 74.8 Å². The second kappa shape index (κ2) is 7.32. The molecule has 0 bridgehead atoms. The van der Waals surface area contributed by atoms with E-state index in [2.05, 4.69) is 4.98 Å². The van der Waals surface area contributed by atoms with E-state index in [1.807, 2.05) is 6.07 Å². The first-order valence-corrected chi connectivity index (χ1v) is 8.43. The lowest BCUT2D eigenvalue weighted by molar-refractivity contribution is -0.384. The van der Waals surface area contributed by atoms with Crippen LogP contribution in [-0.4, -0.2) is 21.0 Å². The van der Waals surface area contributed by atoms with Crippen molar-refractivity contribution < 1.29 is 19.6 Å². The second-order valence-electron chi connectivity index (χ2n) is 5.48. The van der Waals surface area contributed by atoms with Gasteiger partial charge in [0, 0.05) is 17.7 Å². The van der Waals surface area contributed by atoms with E-state index in [0.717, 1.165) is 22.5 Å². The van der Waals surface area contributed by atoms with E-state index in [-0.39, 0.29) is 17.2 Å². The van der Waals surface area contributed by atoms with Gasteiger partial charge in [0.2, 0.25) is 0 Å². The van der Waals surface area contributed by atoms with E-state index in [1.165, 1.54) is 12.1 Å². The maximum Gasteiger partial charge on any atom is 0.347 e.